The third-order valence-electron chi connectivity index (χ3n) is 7.63. The van der Waals surface area contributed by atoms with E-state index < -0.39 is 0 Å². The molecule has 1 amide bonds. The summed E-state index contributed by atoms with van der Waals surface area (Å²) in [5.41, 5.74) is 5.73. The largest absolute Gasteiger partial charge is 0.351 e. The van der Waals surface area contributed by atoms with Gasteiger partial charge in [0, 0.05) is 79.5 Å². The van der Waals surface area contributed by atoms with Gasteiger partial charge in [-0.05, 0) is 44.0 Å². The Labute approximate surface area is 227 Å². The number of likely N-dealkylation sites (tertiary alicyclic amines) is 1. The van der Waals surface area contributed by atoms with Crippen LogP contribution in [-0.2, 0) is 18.9 Å². The molecule has 3 aromatic heterocycles. The lowest BCUT2D eigenvalue weighted by molar-refractivity contribution is -0.132. The molecule has 1 aliphatic heterocycles. The molecule has 1 saturated heterocycles. The summed E-state index contributed by atoms with van der Waals surface area (Å²) in [5.74, 6) is 1.63. The molecule has 0 bridgehead atoms. The summed E-state index contributed by atoms with van der Waals surface area (Å²) in [5, 5.41) is 13.0. The highest BCUT2D eigenvalue weighted by molar-refractivity contribution is 5.95. The summed E-state index contributed by atoms with van der Waals surface area (Å²) in [6.45, 7) is 4.38. The van der Waals surface area contributed by atoms with Crippen LogP contribution in [0, 0.1) is 0 Å². The maximum absolute atomic E-state index is 12.3. The molecular weight excluding hydrogens is 488 g/mol. The third-order valence-corrected chi connectivity index (χ3v) is 7.63. The van der Waals surface area contributed by atoms with Gasteiger partial charge in [0.2, 0.25) is 5.91 Å². The summed E-state index contributed by atoms with van der Waals surface area (Å²) in [6.07, 6.45) is 5.83. The zero-order chi connectivity index (χ0) is 27.1. The predicted octanol–water partition coefficient (Wildman–Crippen LogP) is 5.29. The van der Waals surface area contributed by atoms with Crippen LogP contribution < -0.4 is 5.32 Å². The molecule has 2 atom stereocenters. The lowest BCUT2D eigenvalue weighted by Gasteiger charge is -2.37. The molecule has 0 aliphatic carbocycles. The fraction of sp³-hybridized carbons (Fsp3) is 0.300. The fourth-order valence-corrected chi connectivity index (χ4v) is 5.52. The maximum atomic E-state index is 12.3. The number of nitrogens with one attached hydrogen (secondary N) is 1. The van der Waals surface area contributed by atoms with E-state index >= 15 is 0 Å². The highest BCUT2D eigenvalue weighted by atomic mass is 16.2. The number of hydrogen-bond acceptors (Lipinski definition) is 6. The predicted molar refractivity (Wildman–Crippen MR) is 152 cm³/mol. The van der Waals surface area contributed by atoms with Gasteiger partial charge in [-0.3, -0.25) is 9.48 Å². The monoisotopic (exact) mass is 520 g/mol. The SMILES string of the molecule is CC(=O)N1C[C@H](c2nc(Nc3cccc(-c4cn(C)nn4)c3)cc(-c3cccc4c3ccn4C)n2)CC[C@@H]1C. The van der Waals surface area contributed by atoms with Crippen molar-refractivity contribution in [3.05, 3.63) is 72.8 Å². The molecule has 1 N–H and O–H groups in total. The molecule has 198 valence electrons. The van der Waals surface area contributed by atoms with Gasteiger partial charge in [-0.15, -0.1) is 5.10 Å². The number of nitrogens with zero attached hydrogens (tertiary/aromatic N) is 7. The fourth-order valence-electron chi connectivity index (χ4n) is 5.52. The van der Waals surface area contributed by atoms with Gasteiger partial charge in [0.15, 0.2) is 0 Å². The first kappa shape index (κ1) is 24.8. The van der Waals surface area contributed by atoms with E-state index in [2.05, 4.69) is 57.6 Å². The Hall–Kier alpha value is -4.53. The van der Waals surface area contributed by atoms with Crippen molar-refractivity contribution >= 4 is 28.3 Å². The zero-order valence-corrected chi connectivity index (χ0v) is 22.7. The molecule has 1 fully saturated rings. The first-order valence-corrected chi connectivity index (χ1v) is 13.3. The molecule has 6 rings (SSSR count). The number of aromatic nitrogens is 6. The van der Waals surface area contributed by atoms with Crippen molar-refractivity contribution in [2.24, 2.45) is 14.1 Å². The molecule has 9 nitrogen and oxygen atoms in total. The molecular formula is C30H32N8O. The third kappa shape index (κ3) is 4.87. The molecule has 0 spiro atoms. The summed E-state index contributed by atoms with van der Waals surface area (Å²) < 4.78 is 3.81. The Morgan fingerprint density at radius 1 is 1.00 bits per heavy atom. The standard InChI is InChI=1S/C30H32N8O/c1-19-11-12-22(17-38(19)20(2)39)30-32-26(24-9-6-10-28-25(24)13-14-36(28)3)16-29(33-30)31-23-8-5-7-21(15-23)27-18-37(4)35-34-27/h5-10,13-16,18-19,22H,11-12,17H2,1-4H3,(H,31,32,33)/t19-,22+/m0/s1. The number of anilines is 2. The Morgan fingerprint density at radius 3 is 2.64 bits per heavy atom. The minimum atomic E-state index is 0.0616. The number of benzene rings is 2. The van der Waals surface area contributed by atoms with E-state index in [1.807, 2.05) is 55.5 Å². The van der Waals surface area contributed by atoms with Crippen molar-refractivity contribution < 1.29 is 4.79 Å². The Balaban J connectivity index is 1.42. The highest BCUT2D eigenvalue weighted by Gasteiger charge is 2.30. The maximum Gasteiger partial charge on any atom is 0.219 e. The molecule has 1 aliphatic rings. The van der Waals surface area contributed by atoms with E-state index in [4.69, 9.17) is 9.97 Å². The number of amides is 1. The molecule has 39 heavy (non-hydrogen) atoms. The number of hydrogen-bond donors (Lipinski definition) is 1. The van der Waals surface area contributed by atoms with Gasteiger partial charge in [0.05, 0.1) is 11.9 Å². The summed E-state index contributed by atoms with van der Waals surface area (Å²) >= 11 is 0. The highest BCUT2D eigenvalue weighted by Crippen LogP contribution is 2.34. The molecule has 2 aromatic carbocycles. The van der Waals surface area contributed by atoms with Gasteiger partial charge in [0.1, 0.15) is 17.3 Å². The summed E-state index contributed by atoms with van der Waals surface area (Å²) in [4.78, 5) is 24.4. The molecule has 0 saturated carbocycles. The van der Waals surface area contributed by atoms with E-state index in [-0.39, 0.29) is 17.9 Å². The van der Waals surface area contributed by atoms with Crippen molar-refractivity contribution in [2.45, 2.75) is 38.6 Å². The van der Waals surface area contributed by atoms with Crippen LogP contribution >= 0.6 is 0 Å². The van der Waals surface area contributed by atoms with Gasteiger partial charge in [-0.2, -0.15) is 0 Å². The van der Waals surface area contributed by atoms with E-state index in [9.17, 15) is 4.79 Å². The number of carbonyl (C=O) groups excluding carboxylic acids is 1. The van der Waals surface area contributed by atoms with Gasteiger partial charge in [-0.25, -0.2) is 9.97 Å². The van der Waals surface area contributed by atoms with Crippen LogP contribution in [0.3, 0.4) is 0 Å². The van der Waals surface area contributed by atoms with Crippen molar-refractivity contribution in [2.75, 3.05) is 11.9 Å². The lowest BCUT2D eigenvalue weighted by Crippen LogP contribution is -2.44. The number of fused-ring (bicyclic) bond motifs is 1. The first-order chi connectivity index (χ1) is 18.9. The minimum Gasteiger partial charge on any atom is -0.351 e. The van der Waals surface area contributed by atoms with Crippen LogP contribution in [0.1, 0.15) is 38.4 Å². The average molecular weight is 521 g/mol. The van der Waals surface area contributed by atoms with Gasteiger partial charge in [-0.1, -0.05) is 29.5 Å². The molecule has 5 aromatic rings. The Bertz CT molecular complexity index is 1670. The van der Waals surface area contributed by atoms with Crippen molar-refractivity contribution in [1.29, 1.82) is 0 Å². The zero-order valence-electron chi connectivity index (χ0n) is 22.7. The van der Waals surface area contributed by atoms with Crippen LogP contribution in [-0.4, -0.2) is 52.9 Å². The normalized spacial score (nSPS) is 17.5. The van der Waals surface area contributed by atoms with Crippen molar-refractivity contribution in [1.82, 2.24) is 34.4 Å². The lowest BCUT2D eigenvalue weighted by atomic mass is 9.92. The van der Waals surface area contributed by atoms with E-state index in [1.54, 1.807) is 11.6 Å². The molecule has 9 heteroatoms. The summed E-state index contributed by atoms with van der Waals surface area (Å²) in [7, 11) is 3.91. The van der Waals surface area contributed by atoms with Crippen LogP contribution in [0.15, 0.2) is 67.0 Å². The molecule has 0 radical (unpaired) electrons. The van der Waals surface area contributed by atoms with Gasteiger partial charge >= 0.3 is 0 Å². The Morgan fingerprint density at radius 2 is 1.85 bits per heavy atom. The minimum absolute atomic E-state index is 0.0616. The quantitative estimate of drug-likeness (QED) is 0.339. The number of rotatable bonds is 5. The van der Waals surface area contributed by atoms with Crippen LogP contribution in [0.5, 0.6) is 0 Å². The van der Waals surface area contributed by atoms with Crippen LogP contribution in [0.2, 0.25) is 0 Å². The second-order valence-corrected chi connectivity index (χ2v) is 10.4. The first-order valence-electron chi connectivity index (χ1n) is 13.3. The number of carbonyl (C=O) groups is 1. The second-order valence-electron chi connectivity index (χ2n) is 10.4. The average Bonchev–Trinajstić information content (AvgIpc) is 3.54. The van der Waals surface area contributed by atoms with Crippen molar-refractivity contribution in [3.63, 3.8) is 0 Å². The van der Waals surface area contributed by atoms with Crippen LogP contribution in [0.25, 0.3) is 33.4 Å². The second kappa shape index (κ2) is 9.98. The Kier molecular flexibility index (Phi) is 6.34. The number of piperidine rings is 1. The summed E-state index contributed by atoms with van der Waals surface area (Å²) in [6, 6.07) is 18.7. The number of aryl methyl sites for hydroxylation is 2. The molecule has 0 unspecified atom stereocenters. The van der Waals surface area contributed by atoms with Gasteiger partial charge < -0.3 is 14.8 Å². The topological polar surface area (TPSA) is 93.8 Å². The van der Waals surface area contributed by atoms with E-state index in [0.717, 1.165) is 57.8 Å². The van der Waals surface area contributed by atoms with Gasteiger partial charge in [0.25, 0.3) is 0 Å². The van der Waals surface area contributed by atoms with E-state index in [0.29, 0.717) is 12.4 Å². The van der Waals surface area contributed by atoms with E-state index in [1.165, 1.54) is 0 Å². The van der Waals surface area contributed by atoms with Crippen molar-refractivity contribution in [3.8, 4) is 22.5 Å². The smallest absolute Gasteiger partial charge is 0.219 e. The van der Waals surface area contributed by atoms with Crippen LogP contribution in [0.4, 0.5) is 11.5 Å². The molecule has 4 heterocycles.